The number of pyridine rings is 1. The maximum Gasteiger partial charge on any atom is 0.273 e. The molecule has 0 aliphatic carbocycles. The standard InChI is InChI=1S/C33H43F2N5O4S/c1-23-26-5-2-6-27(19-26)33(34,35)21-24-7-13-39(14-8-24)11-3-15-44-16-4-12-40-31-29(30(38-23)36-22-37-31)20-28(32(40)41)25-9-17-45(42,43)18-10-25/h2,5-6,19-20,22-25H,3-4,7-18,21H2,1H3,(H,36,37,38)/t23-/m1/s1. The molecule has 8 bridgehead atoms. The second-order valence-electron chi connectivity index (χ2n) is 12.9. The molecule has 0 saturated carbocycles. The molecule has 6 heterocycles. The van der Waals surface area contributed by atoms with Gasteiger partial charge in [0.2, 0.25) is 0 Å². The fourth-order valence-corrected chi connectivity index (χ4v) is 8.55. The summed E-state index contributed by atoms with van der Waals surface area (Å²) in [5.41, 5.74) is 1.59. The molecular formula is C33H43F2N5O4S. The Bertz CT molecular complexity index is 1660. The average molecular weight is 644 g/mol. The van der Waals surface area contributed by atoms with Crippen LogP contribution >= 0.6 is 0 Å². The third-order valence-corrected chi connectivity index (χ3v) is 11.5. The number of hydrogen-bond acceptors (Lipinski definition) is 8. The maximum atomic E-state index is 15.6. The average Bonchev–Trinajstić information content (AvgIpc) is 3.02. The lowest BCUT2D eigenvalue weighted by Crippen LogP contribution is -2.36. The van der Waals surface area contributed by atoms with E-state index in [4.69, 9.17) is 4.74 Å². The van der Waals surface area contributed by atoms with E-state index in [1.807, 2.05) is 13.0 Å². The lowest BCUT2D eigenvalue weighted by Gasteiger charge is -2.33. The minimum Gasteiger partial charge on any atom is -0.381 e. The SMILES string of the molecule is C[C@H]1Nc2ncnc3c2cc(C2CCS(=O)(=O)CC2)c(=O)n3CCCOCCCN2CCC(CC2)CC(F)(F)c2cccc1c2. The molecule has 12 heteroatoms. The molecule has 244 valence electrons. The molecule has 0 amide bonds. The van der Waals surface area contributed by atoms with Gasteiger partial charge in [-0.2, -0.15) is 0 Å². The molecule has 4 aliphatic heterocycles. The number of ether oxygens (including phenoxy) is 1. The van der Waals surface area contributed by atoms with Crippen molar-refractivity contribution in [1.29, 1.82) is 0 Å². The summed E-state index contributed by atoms with van der Waals surface area (Å²) in [5.74, 6) is -2.55. The summed E-state index contributed by atoms with van der Waals surface area (Å²) in [7, 11) is -3.11. The summed E-state index contributed by atoms with van der Waals surface area (Å²) < 4.78 is 63.1. The van der Waals surface area contributed by atoms with Gasteiger partial charge in [0.25, 0.3) is 11.5 Å². The molecule has 9 nitrogen and oxygen atoms in total. The highest BCUT2D eigenvalue weighted by Gasteiger charge is 2.36. The molecule has 1 N–H and O–H groups in total. The van der Waals surface area contributed by atoms with Crippen LogP contribution in [-0.2, 0) is 27.0 Å². The number of aryl methyl sites for hydroxylation is 1. The summed E-state index contributed by atoms with van der Waals surface area (Å²) in [6, 6.07) is 8.06. The van der Waals surface area contributed by atoms with Gasteiger partial charge in [0.15, 0.2) is 0 Å². The molecule has 45 heavy (non-hydrogen) atoms. The van der Waals surface area contributed by atoms with E-state index in [1.54, 1.807) is 22.8 Å². The van der Waals surface area contributed by atoms with Crippen molar-refractivity contribution in [2.45, 2.75) is 76.3 Å². The number of piperidine rings is 1. The largest absolute Gasteiger partial charge is 0.381 e. The van der Waals surface area contributed by atoms with Crippen LogP contribution in [-0.4, -0.2) is 72.2 Å². The molecular weight excluding hydrogens is 600 g/mol. The predicted molar refractivity (Wildman–Crippen MR) is 171 cm³/mol. The molecule has 4 aliphatic rings. The highest BCUT2D eigenvalue weighted by Crippen LogP contribution is 2.39. The molecule has 7 rings (SSSR count). The van der Waals surface area contributed by atoms with Crippen molar-refractivity contribution in [2.75, 3.05) is 49.7 Å². The van der Waals surface area contributed by atoms with Crippen molar-refractivity contribution in [1.82, 2.24) is 19.4 Å². The first-order valence-electron chi connectivity index (χ1n) is 16.2. The molecule has 1 aromatic carbocycles. The number of hydrogen-bond donors (Lipinski definition) is 1. The number of fused-ring (bicyclic) bond motifs is 10. The zero-order valence-corrected chi connectivity index (χ0v) is 26.7. The first-order valence-corrected chi connectivity index (χ1v) is 18.1. The third-order valence-electron chi connectivity index (χ3n) is 9.75. The number of halogens is 2. The number of rotatable bonds is 1. The highest BCUT2D eigenvalue weighted by atomic mass is 32.2. The quantitative estimate of drug-likeness (QED) is 0.383. The Morgan fingerprint density at radius 2 is 1.71 bits per heavy atom. The van der Waals surface area contributed by atoms with Crippen molar-refractivity contribution in [3.05, 3.63) is 63.7 Å². The predicted octanol–water partition coefficient (Wildman–Crippen LogP) is 5.26. The van der Waals surface area contributed by atoms with Gasteiger partial charge in [0, 0.05) is 49.9 Å². The molecule has 3 aromatic rings. The van der Waals surface area contributed by atoms with Crippen molar-refractivity contribution in [2.24, 2.45) is 5.92 Å². The van der Waals surface area contributed by atoms with E-state index in [1.165, 1.54) is 12.4 Å². The van der Waals surface area contributed by atoms with E-state index in [0.29, 0.717) is 67.0 Å². The summed E-state index contributed by atoms with van der Waals surface area (Å²) >= 11 is 0. The summed E-state index contributed by atoms with van der Waals surface area (Å²) in [4.78, 5) is 25.2. The normalized spacial score (nSPS) is 26.5. The Balaban J connectivity index is 1.36. The van der Waals surface area contributed by atoms with E-state index in [2.05, 4.69) is 20.2 Å². The molecule has 0 unspecified atom stereocenters. The lowest BCUT2D eigenvalue weighted by molar-refractivity contribution is -0.0374. The number of sulfone groups is 1. The fraction of sp³-hybridized carbons (Fsp3) is 0.606. The number of nitrogens with zero attached hydrogens (tertiary/aromatic N) is 4. The smallest absolute Gasteiger partial charge is 0.273 e. The van der Waals surface area contributed by atoms with Crippen molar-refractivity contribution in [3.63, 3.8) is 0 Å². The van der Waals surface area contributed by atoms with Crippen LogP contribution in [0, 0.1) is 5.92 Å². The van der Waals surface area contributed by atoms with Gasteiger partial charge in [-0.1, -0.05) is 18.2 Å². The highest BCUT2D eigenvalue weighted by molar-refractivity contribution is 7.91. The van der Waals surface area contributed by atoms with Crippen LogP contribution in [0.2, 0.25) is 0 Å². The first-order chi connectivity index (χ1) is 21.6. The van der Waals surface area contributed by atoms with Crippen LogP contribution in [0.5, 0.6) is 0 Å². The Hall–Kier alpha value is -2.96. The Morgan fingerprint density at radius 1 is 0.978 bits per heavy atom. The second-order valence-corrected chi connectivity index (χ2v) is 15.3. The maximum absolute atomic E-state index is 15.6. The Labute approximate surface area is 263 Å². The van der Waals surface area contributed by atoms with Gasteiger partial charge in [0.1, 0.15) is 27.6 Å². The van der Waals surface area contributed by atoms with Gasteiger partial charge >= 0.3 is 0 Å². The Kier molecular flexibility index (Phi) is 9.54. The summed E-state index contributed by atoms with van der Waals surface area (Å²) in [6.07, 6.45) is 5.03. The van der Waals surface area contributed by atoms with E-state index >= 15 is 8.78 Å². The Morgan fingerprint density at radius 3 is 2.47 bits per heavy atom. The third kappa shape index (κ3) is 7.38. The van der Waals surface area contributed by atoms with Crippen LogP contribution < -0.4 is 10.9 Å². The zero-order valence-electron chi connectivity index (χ0n) is 25.9. The molecule has 2 fully saturated rings. The minimum absolute atomic E-state index is 0.0197. The van der Waals surface area contributed by atoms with Crippen LogP contribution in [0.4, 0.5) is 14.6 Å². The number of benzene rings is 1. The second kappa shape index (κ2) is 13.4. The van der Waals surface area contributed by atoms with Gasteiger partial charge < -0.3 is 15.0 Å². The summed E-state index contributed by atoms with van der Waals surface area (Å²) in [5, 5.41) is 4.04. The minimum atomic E-state index is -3.11. The van der Waals surface area contributed by atoms with Gasteiger partial charge in [-0.05, 0) is 88.1 Å². The lowest BCUT2D eigenvalue weighted by atomic mass is 9.87. The molecule has 2 saturated heterocycles. The summed E-state index contributed by atoms with van der Waals surface area (Å²) in [6.45, 7) is 5.89. The van der Waals surface area contributed by atoms with Gasteiger partial charge in [0.05, 0.1) is 16.9 Å². The van der Waals surface area contributed by atoms with E-state index < -0.39 is 15.8 Å². The zero-order chi connectivity index (χ0) is 31.6. The van der Waals surface area contributed by atoms with Gasteiger partial charge in [-0.25, -0.2) is 27.2 Å². The number of anilines is 1. The molecule has 2 aromatic heterocycles. The number of nitrogens with one attached hydrogen (secondary N) is 1. The first kappa shape index (κ1) is 32.0. The number of aromatic nitrogens is 3. The van der Waals surface area contributed by atoms with Crippen molar-refractivity contribution >= 4 is 26.7 Å². The van der Waals surface area contributed by atoms with Gasteiger partial charge in [-0.3, -0.25) is 9.36 Å². The topological polar surface area (TPSA) is 106 Å². The van der Waals surface area contributed by atoms with E-state index in [0.717, 1.165) is 38.9 Å². The van der Waals surface area contributed by atoms with E-state index in [-0.39, 0.29) is 46.9 Å². The van der Waals surface area contributed by atoms with Crippen molar-refractivity contribution in [3.8, 4) is 0 Å². The fourth-order valence-electron chi connectivity index (χ4n) is 7.06. The van der Waals surface area contributed by atoms with Gasteiger partial charge in [-0.15, -0.1) is 0 Å². The van der Waals surface area contributed by atoms with Crippen LogP contribution in [0.1, 0.15) is 80.5 Å². The monoisotopic (exact) mass is 643 g/mol. The van der Waals surface area contributed by atoms with Crippen LogP contribution in [0.15, 0.2) is 41.5 Å². The number of alkyl halides is 2. The van der Waals surface area contributed by atoms with E-state index in [9.17, 15) is 13.2 Å². The molecule has 0 radical (unpaired) electrons. The molecule has 1 atom stereocenters. The van der Waals surface area contributed by atoms with Crippen LogP contribution in [0.3, 0.4) is 0 Å². The van der Waals surface area contributed by atoms with Crippen LogP contribution in [0.25, 0.3) is 11.0 Å². The molecule has 0 spiro atoms. The van der Waals surface area contributed by atoms with Crippen molar-refractivity contribution < 1.29 is 21.9 Å².